The molecule has 0 fully saturated rings. The van der Waals surface area contributed by atoms with Crippen molar-refractivity contribution in [1.82, 2.24) is 0 Å². The van der Waals surface area contributed by atoms with Crippen molar-refractivity contribution < 1.29 is 8.42 Å². The van der Waals surface area contributed by atoms with Crippen LogP contribution < -0.4 is 5.73 Å². The van der Waals surface area contributed by atoms with E-state index in [0.29, 0.717) is 0 Å². The quantitative estimate of drug-likeness (QED) is 0.442. The van der Waals surface area contributed by atoms with Crippen molar-refractivity contribution in [3.8, 4) is 0 Å². The van der Waals surface area contributed by atoms with E-state index in [-0.39, 0.29) is 10.7 Å². The van der Waals surface area contributed by atoms with Crippen molar-refractivity contribution in [3.63, 3.8) is 0 Å². The van der Waals surface area contributed by atoms with E-state index in [1.807, 2.05) is 0 Å². The molecule has 0 spiro atoms. The zero-order valence-corrected chi connectivity index (χ0v) is 6.18. The maximum Gasteiger partial charge on any atom is 0.268 e. The number of halogens is 1. The monoisotopic (exact) mass is 173 g/mol. The van der Waals surface area contributed by atoms with Crippen LogP contribution in [0.15, 0.2) is 0 Å². The summed E-state index contributed by atoms with van der Waals surface area (Å²) in [5.41, 5.74) is 4.85. The predicted molar refractivity (Wildman–Crippen MR) is 36.4 cm³/mol. The predicted octanol–water partition coefficient (Wildman–Crippen LogP) is -0.159. The second-order valence-electron chi connectivity index (χ2n) is 1.01. The van der Waals surface area contributed by atoms with Crippen LogP contribution in [0.25, 0.3) is 0 Å². The minimum absolute atomic E-state index is 0.193. The van der Waals surface area contributed by atoms with Gasteiger partial charge in [-0.3, -0.25) is 0 Å². The molecule has 0 radical (unpaired) electrons. The molecule has 0 heterocycles. The molecule has 48 valence electrons. The van der Waals surface area contributed by atoms with Gasteiger partial charge in [-0.2, -0.15) is 0 Å². The number of rotatable bonds is 1. The molecule has 0 aliphatic carbocycles. The highest BCUT2D eigenvalue weighted by molar-refractivity contribution is 8.32. The first-order valence-corrected chi connectivity index (χ1v) is 4.38. The van der Waals surface area contributed by atoms with Gasteiger partial charge < -0.3 is 5.73 Å². The van der Waals surface area contributed by atoms with Gasteiger partial charge in [0.1, 0.15) is 4.20 Å². The number of nitrogens with two attached hydrogens (primary N) is 1. The van der Waals surface area contributed by atoms with E-state index >= 15 is 0 Å². The summed E-state index contributed by atoms with van der Waals surface area (Å²) in [5.74, 6) is 0. The third-order valence-electron chi connectivity index (χ3n) is 0.439. The smallest absolute Gasteiger partial charge is 0.268 e. The summed E-state index contributed by atoms with van der Waals surface area (Å²) in [6, 6.07) is 0. The van der Waals surface area contributed by atoms with E-state index in [1.54, 1.807) is 0 Å². The molecule has 0 saturated carbocycles. The zero-order chi connectivity index (χ0) is 6.78. The van der Waals surface area contributed by atoms with Crippen molar-refractivity contribution >= 4 is 36.1 Å². The van der Waals surface area contributed by atoms with Crippen LogP contribution >= 0.6 is 22.9 Å². The molecule has 0 aliphatic heterocycles. The van der Waals surface area contributed by atoms with Gasteiger partial charge in [-0.25, -0.2) is 8.42 Å². The first-order chi connectivity index (χ1) is 3.48. The molecule has 0 unspecified atom stereocenters. The summed E-state index contributed by atoms with van der Waals surface area (Å²) in [7, 11) is 1.06. The van der Waals surface area contributed by atoms with Crippen molar-refractivity contribution in [3.05, 3.63) is 0 Å². The van der Waals surface area contributed by atoms with Gasteiger partial charge in [-0.1, -0.05) is 12.2 Å². The zero-order valence-electron chi connectivity index (χ0n) is 3.80. The van der Waals surface area contributed by atoms with Crippen molar-refractivity contribution in [2.24, 2.45) is 5.73 Å². The van der Waals surface area contributed by atoms with Crippen LogP contribution in [0.1, 0.15) is 0 Å². The molecule has 8 heavy (non-hydrogen) atoms. The third kappa shape index (κ3) is 2.56. The summed E-state index contributed by atoms with van der Waals surface area (Å²) in [6.45, 7) is -0.193. The van der Waals surface area contributed by atoms with E-state index < -0.39 is 9.05 Å². The lowest BCUT2D eigenvalue weighted by Gasteiger charge is -1.88. The van der Waals surface area contributed by atoms with Crippen LogP contribution in [0, 0.1) is 0 Å². The maximum atomic E-state index is 10.1. The second-order valence-corrected chi connectivity index (χ2v) is 4.35. The molecule has 0 aromatic heterocycles. The summed E-state index contributed by atoms with van der Waals surface area (Å²) in [4.78, 5) is 0. The van der Waals surface area contributed by atoms with E-state index in [0.717, 1.165) is 0 Å². The van der Waals surface area contributed by atoms with Crippen LogP contribution in [-0.4, -0.2) is 19.2 Å². The Morgan fingerprint density at radius 1 is 1.75 bits per heavy atom. The average Bonchev–Trinajstić information content (AvgIpc) is 1.62. The maximum absolute atomic E-state index is 10.1. The molecule has 0 rings (SSSR count). The summed E-state index contributed by atoms with van der Waals surface area (Å²) < 4.78 is 19.9. The van der Waals surface area contributed by atoms with Gasteiger partial charge in [0, 0.05) is 17.2 Å². The minimum atomic E-state index is -3.67. The number of thiocarbonyl (C=S) groups is 1. The van der Waals surface area contributed by atoms with Gasteiger partial charge >= 0.3 is 0 Å². The Balaban J connectivity index is 4.29. The molecule has 2 N–H and O–H groups in total. The molecule has 0 atom stereocenters. The first-order valence-electron chi connectivity index (χ1n) is 1.66. The average molecular weight is 174 g/mol. The largest absolute Gasteiger partial charge is 0.325 e. The molecular formula is C2H4ClNO2S2. The Kier molecular flexibility index (Phi) is 2.82. The van der Waals surface area contributed by atoms with Gasteiger partial charge in [-0.05, 0) is 0 Å². The van der Waals surface area contributed by atoms with E-state index in [4.69, 9.17) is 16.4 Å². The normalized spacial score (nSPS) is 11.2. The highest BCUT2D eigenvalue weighted by atomic mass is 35.7. The molecule has 0 saturated heterocycles. The number of hydrogen-bond acceptors (Lipinski definition) is 4. The summed E-state index contributed by atoms with van der Waals surface area (Å²) in [6.07, 6.45) is 0. The fourth-order valence-electron chi connectivity index (χ4n) is 0.0995. The Morgan fingerprint density at radius 3 is 2.12 bits per heavy atom. The lowest BCUT2D eigenvalue weighted by molar-refractivity contribution is 0.619. The summed E-state index contributed by atoms with van der Waals surface area (Å²) in [5, 5.41) is 0. The van der Waals surface area contributed by atoms with Gasteiger partial charge in [0.15, 0.2) is 0 Å². The molecule has 0 amide bonds. The van der Waals surface area contributed by atoms with Crippen molar-refractivity contribution in [1.29, 1.82) is 0 Å². The van der Waals surface area contributed by atoms with E-state index in [2.05, 4.69) is 12.2 Å². The lowest BCUT2D eigenvalue weighted by Crippen LogP contribution is -2.16. The van der Waals surface area contributed by atoms with E-state index in [1.165, 1.54) is 0 Å². The Hall–Kier alpha value is 0.290. The van der Waals surface area contributed by atoms with Gasteiger partial charge in [0.2, 0.25) is 0 Å². The lowest BCUT2D eigenvalue weighted by atomic mass is 10.8. The molecule has 0 bridgehead atoms. The highest BCUT2D eigenvalue weighted by Crippen LogP contribution is 1.97. The van der Waals surface area contributed by atoms with Gasteiger partial charge in [0.25, 0.3) is 9.05 Å². The molecule has 6 heteroatoms. The molecule has 0 aromatic rings. The van der Waals surface area contributed by atoms with Crippen LogP contribution in [0.5, 0.6) is 0 Å². The molecule has 0 aromatic carbocycles. The summed E-state index contributed by atoms with van der Waals surface area (Å²) >= 11 is 4.25. The Bertz CT molecular complexity index is 184. The minimum Gasteiger partial charge on any atom is -0.325 e. The molecular weight excluding hydrogens is 170 g/mol. The third-order valence-corrected chi connectivity index (χ3v) is 2.81. The SMILES string of the molecule is NCC(=S)S(=O)(=O)Cl. The fourth-order valence-corrected chi connectivity index (χ4v) is 0.488. The van der Waals surface area contributed by atoms with Crippen LogP contribution in [0.3, 0.4) is 0 Å². The highest BCUT2D eigenvalue weighted by Gasteiger charge is 2.09. The van der Waals surface area contributed by atoms with Crippen LogP contribution in [-0.2, 0) is 9.05 Å². The van der Waals surface area contributed by atoms with Gasteiger partial charge in [-0.15, -0.1) is 0 Å². The standard InChI is InChI=1S/C2H4ClNO2S2/c3-8(5,6)2(7)1-4/h1,4H2. The van der Waals surface area contributed by atoms with Crippen LogP contribution in [0.4, 0.5) is 0 Å². The second kappa shape index (κ2) is 2.72. The Morgan fingerprint density at radius 2 is 2.12 bits per heavy atom. The molecule has 3 nitrogen and oxygen atoms in total. The topological polar surface area (TPSA) is 60.2 Å². The van der Waals surface area contributed by atoms with E-state index in [9.17, 15) is 8.42 Å². The first kappa shape index (κ1) is 8.29. The molecule has 0 aliphatic rings. The number of hydrogen-bond donors (Lipinski definition) is 1. The Labute approximate surface area is 57.2 Å². The van der Waals surface area contributed by atoms with Crippen molar-refractivity contribution in [2.45, 2.75) is 0 Å². The van der Waals surface area contributed by atoms with Gasteiger partial charge in [0.05, 0.1) is 0 Å². The fraction of sp³-hybridized carbons (Fsp3) is 0.500. The van der Waals surface area contributed by atoms with Crippen LogP contribution in [0.2, 0.25) is 0 Å². The van der Waals surface area contributed by atoms with Crippen molar-refractivity contribution in [2.75, 3.05) is 6.54 Å².